The highest BCUT2D eigenvalue weighted by Gasteiger charge is 2.62. The Balaban J connectivity index is 1.57. The van der Waals surface area contributed by atoms with Gasteiger partial charge in [-0.2, -0.15) is 5.26 Å². The van der Waals surface area contributed by atoms with Gasteiger partial charge in [0.05, 0.1) is 33.5 Å². The minimum Gasteiger partial charge on any atom is -0.386 e. The van der Waals surface area contributed by atoms with E-state index in [1.54, 1.807) is 33.8 Å². The van der Waals surface area contributed by atoms with Crippen LogP contribution in [0.4, 0.5) is 4.39 Å². The fourth-order valence-electron chi connectivity index (χ4n) is 5.38. The lowest BCUT2D eigenvalue weighted by Gasteiger charge is -2.49. The van der Waals surface area contributed by atoms with Crippen molar-refractivity contribution in [1.29, 1.82) is 5.26 Å². The summed E-state index contributed by atoms with van der Waals surface area (Å²) < 4.78 is 33.6. The van der Waals surface area contributed by atoms with Gasteiger partial charge in [-0.3, -0.25) is 19.8 Å². The van der Waals surface area contributed by atoms with E-state index < -0.39 is 31.1 Å². The maximum absolute atomic E-state index is 15.4. The second-order valence-corrected chi connectivity index (χ2v) is 13.9. The van der Waals surface area contributed by atoms with Crippen molar-refractivity contribution in [3.05, 3.63) is 58.4 Å². The van der Waals surface area contributed by atoms with E-state index in [9.17, 15) is 9.00 Å². The van der Waals surface area contributed by atoms with Crippen molar-refractivity contribution in [2.75, 3.05) is 6.54 Å². The van der Waals surface area contributed by atoms with Crippen LogP contribution in [0.3, 0.4) is 0 Å². The number of Topliss-reactive ketones (excluding diaryl/α,β-unsaturated/α-hetero) is 1. The molecule has 0 saturated heterocycles. The van der Waals surface area contributed by atoms with Crippen molar-refractivity contribution in [1.82, 2.24) is 9.97 Å². The van der Waals surface area contributed by atoms with E-state index in [-0.39, 0.29) is 34.8 Å². The molecule has 2 aromatic rings. The second kappa shape index (κ2) is 7.90. The molecule has 1 aliphatic carbocycles. The summed E-state index contributed by atoms with van der Waals surface area (Å²) in [6.07, 6.45) is 3.86. The van der Waals surface area contributed by atoms with Crippen molar-refractivity contribution >= 4 is 21.3 Å². The van der Waals surface area contributed by atoms with Crippen LogP contribution < -0.4 is 5.73 Å². The number of aryl methyl sites for hydroxylation is 1. The van der Waals surface area contributed by atoms with Crippen LogP contribution in [0.1, 0.15) is 73.0 Å². The Labute approximate surface area is 210 Å². The van der Waals surface area contributed by atoms with Crippen LogP contribution in [0.5, 0.6) is 0 Å². The molecule has 188 valence electrons. The summed E-state index contributed by atoms with van der Waals surface area (Å²) in [5.74, 6) is -0.718. The number of halogens is 1. The largest absolute Gasteiger partial charge is 0.386 e. The highest BCUT2D eigenvalue weighted by Crippen LogP contribution is 2.58. The highest BCUT2D eigenvalue weighted by atomic mass is 32.2. The summed E-state index contributed by atoms with van der Waals surface area (Å²) in [6.45, 7) is 7.56. The topological polar surface area (TPSA) is 134 Å². The molecule has 2 aromatic heterocycles. The zero-order valence-electron chi connectivity index (χ0n) is 20.8. The molecule has 1 saturated carbocycles. The van der Waals surface area contributed by atoms with E-state index in [1.165, 1.54) is 18.3 Å². The van der Waals surface area contributed by atoms with Crippen LogP contribution in [0.15, 0.2) is 33.8 Å². The monoisotopic (exact) mass is 508 g/mol. The number of carbonyl (C=O) groups is 1. The molecule has 1 spiro atoms. The number of pyridine rings is 2. The molecule has 2 N–H and O–H groups in total. The predicted molar refractivity (Wildman–Crippen MR) is 134 cm³/mol. The van der Waals surface area contributed by atoms with Gasteiger partial charge in [-0.05, 0) is 76.1 Å². The summed E-state index contributed by atoms with van der Waals surface area (Å²) in [5.41, 5.74) is 6.63. The highest BCUT2D eigenvalue weighted by molar-refractivity contribution is 7.96. The van der Waals surface area contributed by atoms with Crippen LogP contribution in [0.25, 0.3) is 0 Å². The van der Waals surface area contributed by atoms with Crippen LogP contribution in [-0.2, 0) is 21.7 Å². The molecule has 3 aliphatic rings. The van der Waals surface area contributed by atoms with E-state index in [0.717, 1.165) is 12.8 Å². The van der Waals surface area contributed by atoms with Crippen LogP contribution in [0.2, 0.25) is 0 Å². The molecule has 2 aliphatic heterocycles. The fourth-order valence-corrected chi connectivity index (χ4v) is 8.77. The summed E-state index contributed by atoms with van der Waals surface area (Å²) in [5, 5.41) is 8.50. The van der Waals surface area contributed by atoms with Crippen molar-refractivity contribution in [2.24, 2.45) is 20.5 Å². The van der Waals surface area contributed by atoms with Crippen molar-refractivity contribution in [3.63, 3.8) is 0 Å². The number of aromatic nitrogens is 2. The Morgan fingerprint density at radius 3 is 2.67 bits per heavy atom. The molecule has 10 heteroatoms. The number of hydrogen-bond acceptors (Lipinski definition) is 8. The van der Waals surface area contributed by atoms with E-state index in [0.29, 0.717) is 29.8 Å². The maximum Gasteiger partial charge on any atom is 0.187 e. The molecule has 0 unspecified atom stereocenters. The van der Waals surface area contributed by atoms with E-state index in [1.807, 2.05) is 6.07 Å². The third-order valence-electron chi connectivity index (χ3n) is 8.08. The van der Waals surface area contributed by atoms with Crippen LogP contribution in [0, 0.1) is 29.5 Å². The number of nitrogens with zero attached hydrogens (tertiary/aromatic N) is 5. The normalized spacial score (nSPS) is 29.4. The molecule has 3 atom stereocenters. The number of carbonyl (C=O) groups excluding carboxylic acids is 1. The lowest BCUT2D eigenvalue weighted by molar-refractivity contribution is 0.0986. The first-order chi connectivity index (χ1) is 16.8. The first-order valence-corrected chi connectivity index (χ1v) is 13.6. The molecule has 36 heavy (non-hydrogen) atoms. The molecular weight excluding hydrogens is 479 g/mol. The lowest BCUT2D eigenvalue weighted by Crippen LogP contribution is -2.61. The van der Waals surface area contributed by atoms with E-state index in [4.69, 9.17) is 20.4 Å². The minimum atomic E-state index is -2.90. The molecule has 8 nitrogen and oxygen atoms in total. The van der Waals surface area contributed by atoms with E-state index >= 15 is 4.39 Å². The van der Waals surface area contributed by atoms with Crippen molar-refractivity contribution in [3.8, 4) is 6.07 Å². The van der Waals surface area contributed by atoms with Gasteiger partial charge in [-0.15, -0.1) is 0 Å². The molecule has 5 rings (SSSR count). The van der Waals surface area contributed by atoms with Crippen molar-refractivity contribution in [2.45, 2.75) is 68.9 Å². The van der Waals surface area contributed by atoms with Gasteiger partial charge in [0.15, 0.2) is 5.78 Å². The van der Waals surface area contributed by atoms with Gasteiger partial charge in [-0.25, -0.2) is 13.0 Å². The zero-order valence-corrected chi connectivity index (χ0v) is 21.7. The third kappa shape index (κ3) is 3.55. The predicted octanol–water partition coefficient (Wildman–Crippen LogP) is 3.61. The Bertz CT molecular complexity index is 1500. The molecule has 0 aromatic carbocycles. The van der Waals surface area contributed by atoms with Gasteiger partial charge in [0.2, 0.25) is 0 Å². The summed E-state index contributed by atoms with van der Waals surface area (Å²) in [6, 6.07) is 6.34. The van der Waals surface area contributed by atoms with Crippen molar-refractivity contribution < 1.29 is 13.4 Å². The average molecular weight is 509 g/mol. The quantitative estimate of drug-likeness (QED) is 0.627. The van der Waals surface area contributed by atoms with Gasteiger partial charge < -0.3 is 5.73 Å². The van der Waals surface area contributed by atoms with E-state index in [2.05, 4.69) is 9.97 Å². The van der Waals surface area contributed by atoms with Crippen LogP contribution in [-0.4, -0.2) is 42.3 Å². The van der Waals surface area contributed by atoms with Gasteiger partial charge in [-0.1, -0.05) is 0 Å². The Morgan fingerprint density at radius 2 is 2.03 bits per heavy atom. The number of nitrogens with two attached hydrogens (primary N) is 1. The number of aliphatic imine (C=N–C) groups is 1. The SMILES string of the molecule is Cc1cc(C#N)cnc1C(=O)Cc1ccc(F)c([C@@]2(C)N=C(N)C(C)(C)[S@@]3(=O)=NCC4(CC4)C[C@@H]23)n1. The number of rotatable bonds is 4. The smallest absolute Gasteiger partial charge is 0.187 e. The fraction of sp³-hybridized carbons (Fsp3) is 0.500. The number of hydrogen-bond donors (Lipinski definition) is 1. The maximum atomic E-state index is 15.4. The number of ketones is 1. The minimum absolute atomic E-state index is 0.00657. The zero-order chi connectivity index (χ0) is 26.1. The van der Waals surface area contributed by atoms with Gasteiger partial charge >= 0.3 is 0 Å². The van der Waals surface area contributed by atoms with Gasteiger partial charge in [0.1, 0.15) is 39.4 Å². The molecule has 1 fully saturated rings. The number of fused-ring (bicyclic) bond motifs is 1. The standard InChI is InChI=1S/C26H29FN6O2S/c1-15-9-16(12-28)13-30-21(15)19(34)10-17-5-6-18(27)22(32-17)25(4)20-11-26(7-8-26)14-31-36(20,35)24(2,3)23(29)33-25/h5-6,9,13,20H,7-8,10-11,14H2,1-4H3,(H2,29,33)/t20-,25-,36+/m0/s1. The summed E-state index contributed by atoms with van der Waals surface area (Å²) in [7, 11) is -2.90. The first-order valence-electron chi connectivity index (χ1n) is 12.0. The second-order valence-electron chi connectivity index (χ2n) is 10.9. The first kappa shape index (κ1) is 24.5. The summed E-state index contributed by atoms with van der Waals surface area (Å²) >= 11 is 0. The van der Waals surface area contributed by atoms with Gasteiger partial charge in [0.25, 0.3) is 0 Å². The number of amidine groups is 1. The molecular formula is C26H29FN6O2S. The Hall–Kier alpha value is -3.19. The molecule has 0 bridgehead atoms. The van der Waals surface area contributed by atoms with Gasteiger partial charge in [0, 0.05) is 11.9 Å². The summed E-state index contributed by atoms with van der Waals surface area (Å²) in [4.78, 5) is 26.5. The molecule has 0 amide bonds. The molecule has 0 radical (unpaired) electrons. The van der Waals surface area contributed by atoms with Crippen LogP contribution >= 0.6 is 0 Å². The average Bonchev–Trinajstić information content (AvgIpc) is 3.59. The lowest BCUT2D eigenvalue weighted by atomic mass is 9.84. The number of nitriles is 1. The Kier molecular flexibility index (Phi) is 5.38. The molecule has 4 heterocycles. The Morgan fingerprint density at radius 1 is 1.31 bits per heavy atom. The third-order valence-corrected chi connectivity index (χ3v) is 11.7.